The van der Waals surface area contributed by atoms with E-state index in [4.69, 9.17) is 34.8 Å². The van der Waals surface area contributed by atoms with E-state index in [2.05, 4.69) is 4.98 Å². The van der Waals surface area contributed by atoms with Crippen molar-refractivity contribution in [3.63, 3.8) is 0 Å². The summed E-state index contributed by atoms with van der Waals surface area (Å²) < 4.78 is 27.1. The molecule has 5 rings (SSSR count). The Morgan fingerprint density at radius 1 is 0.912 bits per heavy atom. The molecule has 1 amide bonds. The predicted molar refractivity (Wildman–Crippen MR) is 129 cm³/mol. The highest BCUT2D eigenvalue weighted by Crippen LogP contribution is 2.50. The fourth-order valence-corrected chi connectivity index (χ4v) is 5.74. The molecule has 2 aliphatic rings. The fourth-order valence-electron chi connectivity index (χ4n) is 5.10. The summed E-state index contributed by atoms with van der Waals surface area (Å²) in [6, 6.07) is 12.8. The smallest absolute Gasteiger partial charge is 0.230 e. The Morgan fingerprint density at radius 2 is 1.68 bits per heavy atom. The number of amides is 1. The fraction of sp³-hybridized carbons (Fsp3) is 0.231. The maximum absolute atomic E-state index is 13.7. The van der Waals surface area contributed by atoms with E-state index in [-0.39, 0.29) is 36.1 Å². The van der Waals surface area contributed by atoms with Crippen LogP contribution in [0.3, 0.4) is 0 Å². The molecular formula is C26H19Cl3F2N2O. The zero-order chi connectivity index (χ0) is 24.0. The summed E-state index contributed by atoms with van der Waals surface area (Å²) in [6.45, 7) is 0.646. The third-order valence-electron chi connectivity index (χ3n) is 6.63. The first kappa shape index (κ1) is 23.3. The predicted octanol–water partition coefficient (Wildman–Crippen LogP) is 7.03. The lowest BCUT2D eigenvalue weighted by molar-refractivity contribution is -0.130. The van der Waals surface area contributed by atoms with Crippen molar-refractivity contribution in [2.45, 2.75) is 18.4 Å². The lowest BCUT2D eigenvalue weighted by atomic mass is 9.68. The van der Waals surface area contributed by atoms with E-state index in [1.165, 1.54) is 6.07 Å². The number of pyridine rings is 1. The Hall–Kier alpha value is -2.47. The quantitative estimate of drug-likeness (QED) is 0.347. The van der Waals surface area contributed by atoms with Gasteiger partial charge in [-0.1, -0.05) is 59.1 Å². The number of aromatic nitrogens is 1. The highest BCUT2D eigenvalue weighted by molar-refractivity contribution is 6.35. The monoisotopic (exact) mass is 518 g/mol. The van der Waals surface area contributed by atoms with Crippen molar-refractivity contribution in [3.8, 4) is 0 Å². The van der Waals surface area contributed by atoms with Crippen molar-refractivity contribution in [3.05, 3.63) is 110 Å². The topological polar surface area (TPSA) is 33.2 Å². The van der Waals surface area contributed by atoms with Crippen molar-refractivity contribution in [2.75, 3.05) is 6.54 Å². The van der Waals surface area contributed by atoms with Crippen molar-refractivity contribution in [2.24, 2.45) is 11.8 Å². The number of hydrogen-bond donors (Lipinski definition) is 0. The Bertz CT molecular complexity index is 1280. The minimum atomic E-state index is -0.929. The van der Waals surface area contributed by atoms with Crippen LogP contribution in [0.4, 0.5) is 8.78 Å². The molecule has 0 bridgehead atoms. The van der Waals surface area contributed by atoms with Gasteiger partial charge in [-0.15, -0.1) is 0 Å². The Morgan fingerprint density at radius 3 is 2.38 bits per heavy atom. The molecule has 0 N–H and O–H groups in total. The van der Waals surface area contributed by atoms with Gasteiger partial charge in [0.15, 0.2) is 11.6 Å². The summed E-state index contributed by atoms with van der Waals surface area (Å²) in [5.41, 5.74) is 2.24. The highest BCUT2D eigenvalue weighted by atomic mass is 35.5. The lowest BCUT2D eigenvalue weighted by Gasteiger charge is -2.35. The normalized spacial score (nSPS) is 23.9. The van der Waals surface area contributed by atoms with Crippen LogP contribution in [-0.4, -0.2) is 22.3 Å². The molecule has 1 fully saturated rings. The number of rotatable bonds is 4. The molecule has 1 aliphatic heterocycles. The van der Waals surface area contributed by atoms with Crippen LogP contribution in [0.15, 0.2) is 66.9 Å². The van der Waals surface area contributed by atoms with Crippen molar-refractivity contribution in [1.82, 2.24) is 9.88 Å². The van der Waals surface area contributed by atoms with E-state index in [1.54, 1.807) is 29.3 Å². The zero-order valence-electron chi connectivity index (χ0n) is 17.8. The third kappa shape index (κ3) is 4.33. The maximum atomic E-state index is 13.7. The highest BCUT2D eigenvalue weighted by Gasteiger charge is 2.48. The number of carbonyl (C=O) groups excluding carboxylic acids is 1. The molecule has 3 aromatic rings. The van der Waals surface area contributed by atoms with Crippen LogP contribution in [-0.2, 0) is 11.3 Å². The minimum absolute atomic E-state index is 0.0504. The van der Waals surface area contributed by atoms with Crippen molar-refractivity contribution < 1.29 is 13.6 Å². The van der Waals surface area contributed by atoms with Gasteiger partial charge in [0.1, 0.15) is 0 Å². The van der Waals surface area contributed by atoms with E-state index >= 15 is 0 Å². The molecule has 1 aromatic heterocycles. The van der Waals surface area contributed by atoms with Gasteiger partial charge < -0.3 is 4.90 Å². The summed E-state index contributed by atoms with van der Waals surface area (Å²) >= 11 is 18.8. The SMILES string of the molecule is O=C1[C@H]2C=C[C@@H](c3ccc(Cl)cc3Cl)[C@H](c3ccc(Cl)cn3)[C@@H]2CN1Cc1ccc(F)c(F)c1. The summed E-state index contributed by atoms with van der Waals surface area (Å²) in [5.74, 6) is -2.61. The first-order valence-electron chi connectivity index (χ1n) is 10.8. The molecule has 1 saturated heterocycles. The molecule has 0 saturated carbocycles. The van der Waals surface area contributed by atoms with Gasteiger partial charge in [0.2, 0.25) is 5.91 Å². The van der Waals surface area contributed by atoms with E-state index in [0.717, 1.165) is 23.4 Å². The molecular weight excluding hydrogens is 501 g/mol. The van der Waals surface area contributed by atoms with E-state index in [1.807, 2.05) is 24.3 Å². The van der Waals surface area contributed by atoms with Crippen molar-refractivity contribution in [1.29, 1.82) is 0 Å². The average molecular weight is 520 g/mol. The number of halogens is 5. The number of carbonyl (C=O) groups is 1. The van der Waals surface area contributed by atoms with Gasteiger partial charge in [0, 0.05) is 52.8 Å². The van der Waals surface area contributed by atoms with Gasteiger partial charge >= 0.3 is 0 Å². The molecule has 0 spiro atoms. The van der Waals surface area contributed by atoms with Crippen LogP contribution >= 0.6 is 34.8 Å². The molecule has 0 radical (unpaired) electrons. The second-order valence-corrected chi connectivity index (χ2v) is 9.94. The second-order valence-electron chi connectivity index (χ2n) is 8.66. The van der Waals surface area contributed by atoms with Crippen molar-refractivity contribution >= 4 is 40.7 Å². The molecule has 1 aliphatic carbocycles. The van der Waals surface area contributed by atoms with Crippen LogP contribution in [0.5, 0.6) is 0 Å². The molecule has 2 aromatic carbocycles. The van der Waals surface area contributed by atoms with Gasteiger partial charge in [0.05, 0.1) is 10.9 Å². The summed E-state index contributed by atoms with van der Waals surface area (Å²) in [5, 5.41) is 1.61. The average Bonchev–Trinajstić information content (AvgIpc) is 3.12. The third-order valence-corrected chi connectivity index (χ3v) is 7.42. The number of hydrogen-bond acceptors (Lipinski definition) is 2. The standard InChI is InChI=1S/C26H19Cl3F2N2O/c27-15-2-4-17(21(29)10-15)18-5-6-19-20(25(18)24-8-3-16(28)11-32-24)13-33(26(19)34)12-14-1-7-22(30)23(31)9-14/h1-11,18-20,25H,12-13H2/t18-,19-,20+,25-/m0/s1. The number of allylic oxidation sites excluding steroid dienone is 1. The summed E-state index contributed by atoms with van der Waals surface area (Å²) in [6.07, 6.45) is 5.54. The number of likely N-dealkylation sites (tertiary alicyclic amines) is 1. The molecule has 8 heteroatoms. The molecule has 4 atom stereocenters. The number of fused-ring (bicyclic) bond motifs is 1. The molecule has 3 nitrogen and oxygen atoms in total. The van der Waals surface area contributed by atoms with Crippen LogP contribution < -0.4 is 0 Å². The van der Waals surface area contributed by atoms with E-state index in [0.29, 0.717) is 27.2 Å². The Labute approximate surface area is 211 Å². The molecule has 174 valence electrons. The maximum Gasteiger partial charge on any atom is 0.230 e. The van der Waals surface area contributed by atoms with E-state index < -0.39 is 11.6 Å². The summed E-state index contributed by atoms with van der Waals surface area (Å²) in [4.78, 5) is 19.6. The van der Waals surface area contributed by atoms with Crippen LogP contribution in [0.1, 0.15) is 28.7 Å². The lowest BCUT2D eigenvalue weighted by Crippen LogP contribution is -2.30. The molecule has 0 unspecified atom stereocenters. The first-order valence-corrected chi connectivity index (χ1v) is 11.9. The zero-order valence-corrected chi connectivity index (χ0v) is 20.0. The molecule has 34 heavy (non-hydrogen) atoms. The van der Waals surface area contributed by atoms with Gasteiger partial charge in [-0.25, -0.2) is 8.78 Å². The second kappa shape index (κ2) is 9.29. The van der Waals surface area contributed by atoms with Crippen LogP contribution in [0, 0.1) is 23.5 Å². The Balaban J connectivity index is 1.51. The minimum Gasteiger partial charge on any atom is -0.338 e. The van der Waals surface area contributed by atoms with Gasteiger partial charge in [-0.05, 0) is 47.5 Å². The molecule has 2 heterocycles. The number of nitrogens with zero attached hydrogens (tertiary/aromatic N) is 2. The number of benzene rings is 2. The summed E-state index contributed by atoms with van der Waals surface area (Å²) in [7, 11) is 0. The largest absolute Gasteiger partial charge is 0.338 e. The van der Waals surface area contributed by atoms with Gasteiger partial charge in [-0.2, -0.15) is 0 Å². The van der Waals surface area contributed by atoms with Gasteiger partial charge in [0.25, 0.3) is 0 Å². The van der Waals surface area contributed by atoms with Crippen LogP contribution in [0.25, 0.3) is 0 Å². The Kier molecular flexibility index (Phi) is 6.36. The van der Waals surface area contributed by atoms with E-state index in [9.17, 15) is 13.6 Å². The van der Waals surface area contributed by atoms with Crippen LogP contribution in [0.2, 0.25) is 15.1 Å². The van der Waals surface area contributed by atoms with Gasteiger partial charge in [-0.3, -0.25) is 9.78 Å². The first-order chi connectivity index (χ1) is 16.3.